The van der Waals surface area contributed by atoms with Crippen molar-refractivity contribution in [1.29, 1.82) is 5.26 Å². The monoisotopic (exact) mass is 699 g/mol. The van der Waals surface area contributed by atoms with Crippen molar-refractivity contribution in [2.75, 3.05) is 43.9 Å². The number of hydrogen-bond donors (Lipinski definition) is 1. The van der Waals surface area contributed by atoms with Gasteiger partial charge in [-0.1, -0.05) is 19.6 Å². The molecule has 49 heavy (non-hydrogen) atoms. The molecule has 2 N–H and O–H groups in total. The number of likely N-dealkylation sites (N-methyl/N-ethyl adjacent to an activating group) is 2. The second-order valence-electron chi connectivity index (χ2n) is 12.3. The number of hydrogen-bond acceptors (Lipinski definition) is 9. The van der Waals surface area contributed by atoms with Gasteiger partial charge < -0.3 is 20.3 Å². The first kappa shape index (κ1) is 34.3. The number of nitrogens with zero attached hydrogens (tertiary/aromatic N) is 6. The summed E-state index contributed by atoms with van der Waals surface area (Å²) in [6.07, 6.45) is -1.60. The Morgan fingerprint density at radius 3 is 2.69 bits per heavy atom. The number of aromatic nitrogens is 2. The average Bonchev–Trinajstić information content (AvgIpc) is 3.79. The number of fused-ring (bicyclic) bond motifs is 2. The molecule has 2 aliphatic heterocycles. The third-order valence-electron chi connectivity index (χ3n) is 9.71. The third-order valence-corrected chi connectivity index (χ3v) is 10.7. The second-order valence-corrected chi connectivity index (χ2v) is 13.3. The summed E-state index contributed by atoms with van der Waals surface area (Å²) in [6, 6.07) is 3.59. The first-order valence-corrected chi connectivity index (χ1v) is 16.7. The van der Waals surface area contributed by atoms with E-state index in [2.05, 4.69) is 21.4 Å². The summed E-state index contributed by atoms with van der Waals surface area (Å²) in [4.78, 5) is 26.8. The van der Waals surface area contributed by atoms with Crippen molar-refractivity contribution in [3.8, 4) is 23.2 Å². The van der Waals surface area contributed by atoms with Crippen molar-refractivity contribution in [3.63, 3.8) is 0 Å². The third kappa shape index (κ3) is 5.90. The lowest BCUT2D eigenvalue weighted by Crippen LogP contribution is -2.43. The quantitative estimate of drug-likeness (QED) is 0.159. The molecule has 3 atom stereocenters. The number of carbonyl (C=O) groups is 1. The SMILES string of the molecule is C=CC(=O)N1CCC(N(C)c2nc(OC[C@@H]3CCCN3CC)nc3c(F)c(-c4ccc(F)c5sc(N)c(C#N)c45)c(C(F)(F)F)cc23)[C@H]1C. The highest BCUT2D eigenvalue weighted by Crippen LogP contribution is 2.48. The molecule has 0 radical (unpaired) electrons. The molecule has 4 aromatic rings. The van der Waals surface area contributed by atoms with Gasteiger partial charge in [-0.05, 0) is 63.0 Å². The number of likely N-dealkylation sites (tertiary alicyclic amines) is 2. The summed E-state index contributed by atoms with van der Waals surface area (Å²) in [5, 5.41) is 9.25. The number of ether oxygens (including phenoxy) is 1. The van der Waals surface area contributed by atoms with E-state index in [1.807, 2.05) is 19.9 Å². The summed E-state index contributed by atoms with van der Waals surface area (Å²) < 4.78 is 82.7. The number of amides is 1. The van der Waals surface area contributed by atoms with Gasteiger partial charge in [0.2, 0.25) is 5.91 Å². The lowest BCUT2D eigenvalue weighted by atomic mass is 9.92. The van der Waals surface area contributed by atoms with Crippen LogP contribution in [-0.2, 0) is 11.0 Å². The van der Waals surface area contributed by atoms with Crippen LogP contribution >= 0.6 is 11.3 Å². The molecule has 0 saturated carbocycles. The van der Waals surface area contributed by atoms with Crippen LogP contribution < -0.4 is 15.4 Å². The summed E-state index contributed by atoms with van der Waals surface area (Å²) in [5.41, 5.74) is 2.65. The van der Waals surface area contributed by atoms with Gasteiger partial charge in [0.1, 0.15) is 34.8 Å². The van der Waals surface area contributed by atoms with Crippen LogP contribution in [-0.4, -0.2) is 77.1 Å². The predicted molar refractivity (Wildman–Crippen MR) is 178 cm³/mol. The van der Waals surface area contributed by atoms with E-state index in [0.717, 1.165) is 44.1 Å². The van der Waals surface area contributed by atoms with Gasteiger partial charge in [0.15, 0.2) is 5.82 Å². The normalized spacial score (nSPS) is 19.9. The number of halogens is 5. The fourth-order valence-electron chi connectivity index (χ4n) is 7.22. The van der Waals surface area contributed by atoms with Gasteiger partial charge in [-0.25, -0.2) is 8.78 Å². The van der Waals surface area contributed by atoms with E-state index in [1.54, 1.807) is 16.8 Å². The number of rotatable bonds is 8. The highest BCUT2D eigenvalue weighted by Gasteiger charge is 2.40. The van der Waals surface area contributed by atoms with Gasteiger partial charge in [-0.2, -0.15) is 28.4 Å². The smallest absolute Gasteiger partial charge is 0.417 e. The zero-order chi connectivity index (χ0) is 35.4. The zero-order valence-corrected chi connectivity index (χ0v) is 27.9. The first-order chi connectivity index (χ1) is 23.3. The van der Waals surface area contributed by atoms with Gasteiger partial charge in [0, 0.05) is 42.0 Å². The Labute approximate surface area is 283 Å². The molecule has 0 aliphatic carbocycles. The molecule has 6 rings (SSSR count). The van der Waals surface area contributed by atoms with Gasteiger partial charge in [-0.15, -0.1) is 11.3 Å². The Bertz CT molecular complexity index is 2010. The molecule has 4 heterocycles. The average molecular weight is 700 g/mol. The molecule has 2 aliphatic rings. The number of benzene rings is 2. The molecule has 1 unspecified atom stereocenters. The molecular weight excluding hydrogens is 665 g/mol. The van der Waals surface area contributed by atoms with Crippen LogP contribution in [0.1, 0.15) is 44.2 Å². The molecule has 0 spiro atoms. The fourth-order valence-corrected chi connectivity index (χ4v) is 8.17. The minimum atomic E-state index is -5.09. The van der Waals surface area contributed by atoms with E-state index < -0.39 is 40.5 Å². The van der Waals surface area contributed by atoms with Crippen LogP contribution in [0.3, 0.4) is 0 Å². The maximum atomic E-state index is 17.0. The zero-order valence-electron chi connectivity index (χ0n) is 27.1. The van der Waals surface area contributed by atoms with E-state index in [4.69, 9.17) is 10.5 Å². The Hall–Kier alpha value is -4.55. The number of thiophene rings is 1. The summed E-state index contributed by atoms with van der Waals surface area (Å²) >= 11 is 0.695. The van der Waals surface area contributed by atoms with Crippen molar-refractivity contribution in [1.82, 2.24) is 19.8 Å². The molecule has 2 aromatic carbocycles. The molecule has 1 amide bonds. The van der Waals surface area contributed by atoms with E-state index in [1.165, 1.54) is 6.08 Å². The number of nitrogen functional groups attached to an aromatic ring is 1. The predicted octanol–water partition coefficient (Wildman–Crippen LogP) is 6.74. The number of nitriles is 1. The topological polar surface area (TPSA) is 112 Å². The van der Waals surface area contributed by atoms with Gasteiger partial charge >= 0.3 is 12.2 Å². The van der Waals surface area contributed by atoms with Gasteiger partial charge in [0.25, 0.3) is 0 Å². The molecule has 2 aromatic heterocycles. The minimum Gasteiger partial charge on any atom is -0.462 e. The molecule has 15 heteroatoms. The number of anilines is 2. The van der Waals surface area contributed by atoms with Crippen LogP contribution in [0, 0.1) is 23.0 Å². The van der Waals surface area contributed by atoms with E-state index in [0.29, 0.717) is 24.3 Å². The minimum absolute atomic E-state index is 0.0128. The maximum absolute atomic E-state index is 17.0. The number of carbonyl (C=O) groups excluding carboxylic acids is 1. The number of nitrogens with two attached hydrogens (primary N) is 1. The van der Waals surface area contributed by atoms with Crippen LogP contribution in [0.15, 0.2) is 30.9 Å². The Morgan fingerprint density at radius 1 is 1.27 bits per heavy atom. The van der Waals surface area contributed by atoms with E-state index in [-0.39, 0.29) is 68.0 Å². The summed E-state index contributed by atoms with van der Waals surface area (Å²) in [6.45, 7) is 9.64. The van der Waals surface area contributed by atoms with Crippen molar-refractivity contribution in [2.24, 2.45) is 0 Å². The van der Waals surface area contributed by atoms with Crippen LogP contribution in [0.5, 0.6) is 6.01 Å². The lowest BCUT2D eigenvalue weighted by molar-refractivity contribution is -0.137. The van der Waals surface area contributed by atoms with Crippen LogP contribution in [0.2, 0.25) is 0 Å². The maximum Gasteiger partial charge on any atom is 0.417 e. The highest BCUT2D eigenvalue weighted by atomic mass is 32.1. The Balaban J connectivity index is 1.59. The molecule has 0 bridgehead atoms. The van der Waals surface area contributed by atoms with E-state index >= 15 is 4.39 Å². The van der Waals surface area contributed by atoms with Crippen molar-refractivity contribution < 1.29 is 31.5 Å². The van der Waals surface area contributed by atoms with Gasteiger partial charge in [0.05, 0.1) is 21.9 Å². The standard InChI is InChI=1S/C34H34F5N7O2S/c1-5-25(47)46-13-11-24(17(46)3)44(4)32-20-14-22(34(37,38)39)27(19-9-10-23(35)30-26(19)21(15-40)31(41)49-30)28(36)29(20)42-33(43-32)48-16-18-8-7-12-45(18)6-2/h5,9-10,14,17-18,24H,1,6-8,11-13,16,41H2,2-4H3/t17-,18+,24?/m1/s1. The number of alkyl halides is 3. The van der Waals surface area contributed by atoms with E-state index in [9.17, 15) is 27.6 Å². The molecular formula is C34H34F5N7O2S. The Kier molecular flexibility index (Phi) is 9.14. The molecule has 2 fully saturated rings. The largest absolute Gasteiger partial charge is 0.462 e. The van der Waals surface area contributed by atoms with Gasteiger partial charge in [-0.3, -0.25) is 9.69 Å². The van der Waals surface area contributed by atoms with Crippen LogP contribution in [0.25, 0.3) is 32.1 Å². The van der Waals surface area contributed by atoms with Crippen molar-refractivity contribution >= 4 is 49.1 Å². The van der Waals surface area contributed by atoms with Crippen molar-refractivity contribution in [2.45, 2.75) is 57.4 Å². The second kappa shape index (κ2) is 13.1. The molecule has 9 nitrogen and oxygen atoms in total. The summed E-state index contributed by atoms with van der Waals surface area (Å²) in [7, 11) is 1.63. The molecule has 2 saturated heterocycles. The molecule has 258 valence electrons. The fraction of sp³-hybridized carbons (Fsp3) is 0.412. The Morgan fingerprint density at radius 2 is 2.02 bits per heavy atom. The van der Waals surface area contributed by atoms with Crippen LogP contribution in [0.4, 0.5) is 32.8 Å². The first-order valence-electron chi connectivity index (χ1n) is 15.9. The highest BCUT2D eigenvalue weighted by molar-refractivity contribution is 7.23. The van der Waals surface area contributed by atoms with Crippen molar-refractivity contribution in [3.05, 3.63) is 53.6 Å². The lowest BCUT2D eigenvalue weighted by Gasteiger charge is -2.32. The summed E-state index contributed by atoms with van der Waals surface area (Å²) in [5.74, 6) is -2.45.